The van der Waals surface area contributed by atoms with Gasteiger partial charge in [0.15, 0.2) is 11.5 Å². The zero-order chi connectivity index (χ0) is 27.6. The first-order chi connectivity index (χ1) is 19.7. The molecule has 204 valence electrons. The second kappa shape index (κ2) is 13.4. The molecular weight excluding hydrogens is 500 g/mol. The number of nitrogens with one attached hydrogen (secondary N) is 1. The minimum Gasteiger partial charge on any atom is -0.493 e. The van der Waals surface area contributed by atoms with E-state index in [4.69, 9.17) is 9.47 Å². The smallest absolute Gasteiger partial charge is 0.271 e. The van der Waals surface area contributed by atoms with Gasteiger partial charge in [0.25, 0.3) is 5.91 Å². The molecule has 0 aliphatic carbocycles. The minimum atomic E-state index is -0.256. The predicted octanol–water partition coefficient (Wildman–Crippen LogP) is 5.36. The molecule has 0 bridgehead atoms. The summed E-state index contributed by atoms with van der Waals surface area (Å²) in [6.07, 6.45) is 1.59. The number of amides is 1. The van der Waals surface area contributed by atoms with E-state index in [0.717, 1.165) is 43.9 Å². The molecule has 0 radical (unpaired) electrons. The zero-order valence-electron chi connectivity index (χ0n) is 22.7. The van der Waals surface area contributed by atoms with Gasteiger partial charge < -0.3 is 14.4 Å². The van der Waals surface area contributed by atoms with Crippen LogP contribution in [-0.4, -0.2) is 50.3 Å². The molecule has 0 saturated carbocycles. The van der Waals surface area contributed by atoms with Crippen LogP contribution in [0.1, 0.15) is 27.0 Å². The second-order valence-corrected chi connectivity index (χ2v) is 9.68. The molecule has 0 atom stereocenters. The van der Waals surface area contributed by atoms with E-state index < -0.39 is 0 Å². The Bertz CT molecular complexity index is 1400. The van der Waals surface area contributed by atoms with Crippen LogP contribution >= 0.6 is 0 Å². The van der Waals surface area contributed by atoms with E-state index in [0.29, 0.717) is 23.7 Å². The lowest BCUT2D eigenvalue weighted by Gasteiger charge is -2.36. The van der Waals surface area contributed by atoms with Gasteiger partial charge in [0.05, 0.1) is 13.3 Å². The predicted molar refractivity (Wildman–Crippen MR) is 159 cm³/mol. The molecule has 5 rings (SSSR count). The molecule has 1 saturated heterocycles. The topological polar surface area (TPSA) is 66.4 Å². The van der Waals surface area contributed by atoms with Gasteiger partial charge in [-0.2, -0.15) is 5.10 Å². The lowest BCUT2D eigenvalue weighted by atomic mass is 10.1. The second-order valence-electron chi connectivity index (χ2n) is 9.68. The maximum atomic E-state index is 12.6. The molecule has 4 aromatic rings. The number of nitrogens with zero attached hydrogens (tertiary/aromatic N) is 3. The summed E-state index contributed by atoms with van der Waals surface area (Å²) in [4.78, 5) is 17.5. The van der Waals surface area contributed by atoms with Crippen LogP contribution in [0.25, 0.3) is 0 Å². The van der Waals surface area contributed by atoms with Crippen LogP contribution < -0.4 is 19.8 Å². The number of carbonyl (C=O) groups is 1. The molecule has 4 aromatic carbocycles. The van der Waals surface area contributed by atoms with E-state index in [1.807, 2.05) is 72.8 Å². The number of anilines is 1. The Balaban J connectivity index is 1.09. The maximum absolute atomic E-state index is 12.6. The Morgan fingerprint density at radius 3 is 2.23 bits per heavy atom. The number of rotatable bonds is 10. The minimum absolute atomic E-state index is 0.256. The monoisotopic (exact) mass is 534 g/mol. The van der Waals surface area contributed by atoms with E-state index in [-0.39, 0.29) is 5.91 Å². The van der Waals surface area contributed by atoms with Crippen LogP contribution in [0.3, 0.4) is 0 Å². The number of hydrogen-bond acceptors (Lipinski definition) is 6. The van der Waals surface area contributed by atoms with Gasteiger partial charge in [-0.1, -0.05) is 60.7 Å². The number of benzene rings is 4. The van der Waals surface area contributed by atoms with Crippen molar-refractivity contribution in [2.75, 3.05) is 38.2 Å². The Kier molecular flexibility index (Phi) is 9.06. The molecule has 1 amide bonds. The first-order valence-corrected chi connectivity index (χ1v) is 13.5. The molecular formula is C33H34N4O3. The number of piperazine rings is 1. The van der Waals surface area contributed by atoms with Gasteiger partial charge in [-0.3, -0.25) is 9.69 Å². The van der Waals surface area contributed by atoms with E-state index in [1.165, 1.54) is 11.3 Å². The van der Waals surface area contributed by atoms with Crippen molar-refractivity contribution in [2.45, 2.75) is 13.2 Å². The Labute approximate surface area is 235 Å². The Morgan fingerprint density at radius 2 is 1.52 bits per heavy atom. The highest BCUT2D eigenvalue weighted by Crippen LogP contribution is 2.28. The third kappa shape index (κ3) is 7.27. The summed E-state index contributed by atoms with van der Waals surface area (Å²) in [5.74, 6) is 0.989. The van der Waals surface area contributed by atoms with Crippen molar-refractivity contribution in [1.82, 2.24) is 10.3 Å². The largest absolute Gasteiger partial charge is 0.493 e. The first-order valence-electron chi connectivity index (χ1n) is 13.5. The molecule has 0 aromatic heterocycles. The molecule has 1 aliphatic heterocycles. The van der Waals surface area contributed by atoms with E-state index in [1.54, 1.807) is 13.3 Å². The highest BCUT2D eigenvalue weighted by atomic mass is 16.5. The van der Waals surface area contributed by atoms with Crippen LogP contribution in [-0.2, 0) is 13.2 Å². The summed E-state index contributed by atoms with van der Waals surface area (Å²) < 4.78 is 11.4. The summed E-state index contributed by atoms with van der Waals surface area (Å²) in [7, 11) is 1.60. The lowest BCUT2D eigenvalue weighted by molar-refractivity contribution is 0.0955. The Hall–Kier alpha value is -4.62. The van der Waals surface area contributed by atoms with Crippen molar-refractivity contribution < 1.29 is 14.3 Å². The summed E-state index contributed by atoms with van der Waals surface area (Å²) in [6, 6.07) is 33.8. The molecule has 1 N–H and O–H groups in total. The molecule has 40 heavy (non-hydrogen) atoms. The van der Waals surface area contributed by atoms with Crippen molar-refractivity contribution in [3.05, 3.63) is 125 Å². The molecule has 0 unspecified atom stereocenters. The summed E-state index contributed by atoms with van der Waals surface area (Å²) >= 11 is 0. The molecule has 0 spiro atoms. The lowest BCUT2D eigenvalue weighted by Crippen LogP contribution is -2.45. The number of ether oxygens (including phenoxy) is 2. The number of carbonyl (C=O) groups excluding carboxylic acids is 1. The van der Waals surface area contributed by atoms with Gasteiger partial charge in [-0.25, -0.2) is 5.43 Å². The van der Waals surface area contributed by atoms with Gasteiger partial charge in [-0.15, -0.1) is 0 Å². The van der Waals surface area contributed by atoms with Gasteiger partial charge in [0, 0.05) is 44.0 Å². The van der Waals surface area contributed by atoms with Gasteiger partial charge in [0.1, 0.15) is 6.61 Å². The third-order valence-corrected chi connectivity index (χ3v) is 6.92. The van der Waals surface area contributed by atoms with Gasteiger partial charge >= 0.3 is 0 Å². The first kappa shape index (κ1) is 27.0. The molecule has 1 aliphatic rings. The van der Waals surface area contributed by atoms with E-state index >= 15 is 0 Å². The quantitative estimate of drug-likeness (QED) is 0.219. The standard InChI is InChI=1S/C33H34N4O3/c1-39-32-22-28(14-17-31(32)40-25-27-8-4-2-5-9-27)23-34-35-33(38)29-15-12-26(13-16-29)24-36-18-20-37(21-19-36)30-10-6-3-7-11-30/h2-17,22-23H,18-21,24-25H2,1H3,(H,35,38)/b34-23-. The van der Waals surface area contributed by atoms with Crippen molar-refractivity contribution in [1.29, 1.82) is 0 Å². The number of hydrazone groups is 1. The van der Waals surface area contributed by atoms with Crippen LogP contribution in [0.5, 0.6) is 11.5 Å². The van der Waals surface area contributed by atoms with E-state index in [9.17, 15) is 4.79 Å². The number of methoxy groups -OCH3 is 1. The highest BCUT2D eigenvalue weighted by molar-refractivity contribution is 5.95. The average Bonchev–Trinajstić information content (AvgIpc) is 3.02. The van der Waals surface area contributed by atoms with Gasteiger partial charge in [-0.05, 0) is 59.2 Å². The summed E-state index contributed by atoms with van der Waals surface area (Å²) in [5.41, 5.74) is 7.51. The zero-order valence-corrected chi connectivity index (χ0v) is 22.7. The molecule has 1 heterocycles. The summed E-state index contributed by atoms with van der Waals surface area (Å²) in [5, 5.41) is 4.13. The van der Waals surface area contributed by atoms with Crippen molar-refractivity contribution in [2.24, 2.45) is 5.10 Å². The van der Waals surface area contributed by atoms with E-state index in [2.05, 4.69) is 50.7 Å². The van der Waals surface area contributed by atoms with Crippen molar-refractivity contribution in [3.63, 3.8) is 0 Å². The van der Waals surface area contributed by atoms with Crippen LogP contribution in [0.2, 0.25) is 0 Å². The number of para-hydroxylation sites is 1. The SMILES string of the molecule is COc1cc(/C=N\NC(=O)c2ccc(CN3CCN(c4ccccc4)CC3)cc2)ccc1OCc1ccccc1. The van der Waals surface area contributed by atoms with Crippen LogP contribution in [0.15, 0.2) is 108 Å². The van der Waals surface area contributed by atoms with Crippen LogP contribution in [0.4, 0.5) is 5.69 Å². The third-order valence-electron chi connectivity index (χ3n) is 6.92. The fraction of sp³-hybridized carbons (Fsp3) is 0.212. The molecule has 7 heteroatoms. The van der Waals surface area contributed by atoms with Crippen LogP contribution in [0, 0.1) is 0 Å². The summed E-state index contributed by atoms with van der Waals surface area (Å²) in [6.45, 7) is 5.36. The Morgan fingerprint density at radius 1 is 0.825 bits per heavy atom. The highest BCUT2D eigenvalue weighted by Gasteiger charge is 2.17. The normalized spacial score (nSPS) is 13.8. The number of hydrogen-bond donors (Lipinski definition) is 1. The fourth-order valence-corrected chi connectivity index (χ4v) is 4.67. The average molecular weight is 535 g/mol. The van der Waals surface area contributed by atoms with Gasteiger partial charge in [0.2, 0.25) is 0 Å². The molecule has 7 nitrogen and oxygen atoms in total. The fourth-order valence-electron chi connectivity index (χ4n) is 4.67. The molecule has 1 fully saturated rings. The maximum Gasteiger partial charge on any atom is 0.271 e. The van der Waals surface area contributed by atoms with Crippen molar-refractivity contribution >= 4 is 17.8 Å². The van der Waals surface area contributed by atoms with Crippen molar-refractivity contribution in [3.8, 4) is 11.5 Å².